The van der Waals surface area contributed by atoms with Crippen LogP contribution in [0.25, 0.3) is 0 Å². The van der Waals surface area contributed by atoms with Crippen LogP contribution in [0.4, 0.5) is 20.6 Å². The van der Waals surface area contributed by atoms with Crippen LogP contribution in [0, 0.1) is 24.2 Å². The number of guanidine groups is 1. The number of hydrogen-bond donors (Lipinski definition) is 2. The number of benzene rings is 1. The van der Waals surface area contributed by atoms with Crippen LogP contribution in [0.2, 0.25) is 0 Å². The summed E-state index contributed by atoms with van der Waals surface area (Å²) < 4.78 is 20.2. The van der Waals surface area contributed by atoms with Gasteiger partial charge in [0.1, 0.15) is 17.7 Å². The molecule has 3 rings (SSSR count). The lowest BCUT2D eigenvalue weighted by Crippen LogP contribution is -2.49. The van der Waals surface area contributed by atoms with Crippen LogP contribution in [-0.2, 0) is 0 Å². The average molecular weight is 439 g/mol. The van der Waals surface area contributed by atoms with Crippen LogP contribution < -0.4 is 15.4 Å². The smallest absolute Gasteiger partial charge is 0.323 e. The van der Waals surface area contributed by atoms with Crippen molar-refractivity contribution in [2.24, 2.45) is 4.99 Å². The van der Waals surface area contributed by atoms with E-state index in [0.717, 1.165) is 25.1 Å². The molecule has 32 heavy (non-hydrogen) atoms. The number of nitrogens with one attached hydrogen (secondary N) is 2. The Morgan fingerprint density at radius 3 is 2.78 bits per heavy atom. The zero-order chi connectivity index (χ0) is 23.1. The number of rotatable bonds is 4. The predicted molar refractivity (Wildman–Crippen MR) is 120 cm³/mol. The highest BCUT2D eigenvalue weighted by molar-refractivity contribution is 5.99. The second-order valence-electron chi connectivity index (χ2n) is 7.68. The molecular weight excluding hydrogens is 413 g/mol. The molecule has 10 heteroatoms. The van der Waals surface area contributed by atoms with Crippen LogP contribution in [0.1, 0.15) is 18.5 Å². The third-order valence-electron chi connectivity index (χ3n) is 4.81. The van der Waals surface area contributed by atoms with Gasteiger partial charge in [0.15, 0.2) is 0 Å². The number of ether oxygens (including phenoxy) is 1. The summed E-state index contributed by atoms with van der Waals surface area (Å²) in [5, 5.41) is 14.2. The Hall–Kier alpha value is -3.87. The fourth-order valence-corrected chi connectivity index (χ4v) is 3.44. The van der Waals surface area contributed by atoms with Gasteiger partial charge in [0.05, 0.1) is 18.4 Å². The molecule has 2 aromatic rings. The Bertz CT molecular complexity index is 1020. The number of piperidine rings is 1. The first-order chi connectivity index (χ1) is 15.3. The number of nitrogens with zero attached hydrogens (tertiary/aromatic N) is 5. The van der Waals surface area contributed by atoms with Crippen LogP contribution >= 0.6 is 0 Å². The van der Waals surface area contributed by atoms with Gasteiger partial charge in [0.2, 0.25) is 12.2 Å². The fourth-order valence-electron chi connectivity index (χ4n) is 3.44. The van der Waals surface area contributed by atoms with Crippen molar-refractivity contribution in [3.8, 4) is 11.9 Å². The number of aliphatic imine (C=N–C) groups is 1. The van der Waals surface area contributed by atoms with Gasteiger partial charge in [-0.15, -0.1) is 4.99 Å². The topological polar surface area (TPSA) is 106 Å². The number of aromatic nitrogens is 1. The van der Waals surface area contributed by atoms with E-state index in [0.29, 0.717) is 23.9 Å². The summed E-state index contributed by atoms with van der Waals surface area (Å²) in [6.45, 7) is 3.11. The van der Waals surface area contributed by atoms with Crippen LogP contribution in [0.5, 0.6) is 5.75 Å². The van der Waals surface area contributed by atoms with E-state index in [-0.39, 0.29) is 11.8 Å². The largest absolute Gasteiger partial charge is 0.488 e. The van der Waals surface area contributed by atoms with Gasteiger partial charge in [-0.1, -0.05) is 0 Å². The average Bonchev–Trinajstić information content (AvgIpc) is 2.73. The summed E-state index contributed by atoms with van der Waals surface area (Å²) in [5.74, 6) is 0.347. The maximum atomic E-state index is 14.2. The molecule has 1 fully saturated rings. The molecule has 0 bridgehead atoms. The van der Waals surface area contributed by atoms with E-state index < -0.39 is 11.8 Å². The van der Waals surface area contributed by atoms with Crippen LogP contribution in [-0.4, -0.2) is 60.1 Å². The first-order valence-corrected chi connectivity index (χ1v) is 10.2. The fraction of sp³-hybridized carbons (Fsp3) is 0.364. The van der Waals surface area contributed by atoms with E-state index in [1.165, 1.54) is 12.1 Å². The Morgan fingerprint density at radius 2 is 2.09 bits per heavy atom. The van der Waals surface area contributed by atoms with Gasteiger partial charge >= 0.3 is 6.03 Å². The normalized spacial score (nSPS) is 16.2. The van der Waals surface area contributed by atoms with Crippen molar-refractivity contribution in [3.63, 3.8) is 0 Å². The van der Waals surface area contributed by atoms with Crippen LogP contribution in [0.3, 0.4) is 0 Å². The molecule has 168 valence electrons. The molecule has 1 aliphatic rings. The van der Waals surface area contributed by atoms with Gasteiger partial charge in [-0.2, -0.15) is 5.26 Å². The number of carbonyl (C=O) groups excluding carboxylic acids is 1. The SMILES string of the molecule is Cc1ccc(NC(=O)Nc2cc(F)cc(OC3CCCN(C(=NC#N)N(C)C)C3)c2)cn1. The zero-order valence-electron chi connectivity index (χ0n) is 18.3. The number of halogens is 1. The molecule has 0 saturated carbocycles. The predicted octanol–water partition coefficient (Wildman–Crippen LogP) is 3.42. The summed E-state index contributed by atoms with van der Waals surface area (Å²) in [6.07, 6.45) is 4.78. The molecule has 2 amide bonds. The highest BCUT2D eigenvalue weighted by Crippen LogP contribution is 2.24. The molecule has 1 aromatic heterocycles. The third kappa shape index (κ3) is 6.31. The Labute approximate surface area is 186 Å². The molecule has 2 heterocycles. The first kappa shape index (κ1) is 22.8. The standard InChI is InChI=1S/C22H26FN7O2/c1-15-6-7-17(12-25-15)27-21(31)28-18-9-16(23)10-20(11-18)32-19-5-4-8-30(13-19)22(26-14-24)29(2)3/h6-7,9-12,19H,4-5,8,13H2,1-3H3,(H2,27,28,31). The minimum absolute atomic E-state index is 0.213. The Balaban J connectivity index is 1.65. The lowest BCUT2D eigenvalue weighted by Gasteiger charge is -2.36. The number of aryl methyl sites for hydroxylation is 1. The number of carbonyl (C=O) groups is 1. The van der Waals surface area contributed by atoms with Gasteiger partial charge in [-0.3, -0.25) is 4.98 Å². The number of amides is 2. The van der Waals surface area contributed by atoms with E-state index >= 15 is 0 Å². The third-order valence-corrected chi connectivity index (χ3v) is 4.81. The summed E-state index contributed by atoms with van der Waals surface area (Å²) in [5.41, 5.74) is 1.63. The quantitative estimate of drug-likeness (QED) is 0.430. The van der Waals surface area contributed by atoms with Crippen molar-refractivity contribution < 1.29 is 13.9 Å². The molecule has 0 spiro atoms. The lowest BCUT2D eigenvalue weighted by atomic mass is 10.1. The number of likely N-dealkylation sites (tertiary alicyclic amines) is 1. The second-order valence-corrected chi connectivity index (χ2v) is 7.68. The van der Waals surface area contributed by atoms with E-state index in [1.54, 1.807) is 29.3 Å². The monoisotopic (exact) mass is 439 g/mol. The molecular formula is C22H26FN7O2. The molecule has 1 aliphatic heterocycles. The summed E-state index contributed by atoms with van der Waals surface area (Å²) in [4.78, 5) is 24.0. The van der Waals surface area contributed by atoms with Crippen molar-refractivity contribution in [1.82, 2.24) is 14.8 Å². The van der Waals surface area contributed by atoms with Crippen molar-refractivity contribution in [2.45, 2.75) is 25.9 Å². The second kappa shape index (κ2) is 10.4. The molecule has 0 radical (unpaired) electrons. The van der Waals surface area contributed by atoms with Crippen LogP contribution in [0.15, 0.2) is 41.5 Å². The van der Waals surface area contributed by atoms with Crippen molar-refractivity contribution in [2.75, 3.05) is 37.8 Å². The zero-order valence-corrected chi connectivity index (χ0v) is 18.3. The Kier molecular flexibility index (Phi) is 7.44. The molecule has 1 atom stereocenters. The number of nitriles is 1. The van der Waals surface area contributed by atoms with Gasteiger partial charge in [0, 0.05) is 44.2 Å². The molecule has 1 aromatic carbocycles. The molecule has 1 saturated heterocycles. The van der Waals surface area contributed by atoms with Gasteiger partial charge in [-0.25, -0.2) is 9.18 Å². The van der Waals surface area contributed by atoms with Crippen molar-refractivity contribution in [3.05, 3.63) is 48.0 Å². The molecule has 2 N–H and O–H groups in total. The highest BCUT2D eigenvalue weighted by Gasteiger charge is 2.25. The summed E-state index contributed by atoms with van der Waals surface area (Å²) in [7, 11) is 3.64. The number of anilines is 2. The van der Waals surface area contributed by atoms with Gasteiger partial charge in [0.25, 0.3) is 0 Å². The lowest BCUT2D eigenvalue weighted by molar-refractivity contribution is 0.119. The van der Waals surface area contributed by atoms with E-state index in [2.05, 4.69) is 20.6 Å². The minimum Gasteiger partial charge on any atom is -0.488 e. The summed E-state index contributed by atoms with van der Waals surface area (Å²) in [6, 6.07) is 7.07. The Morgan fingerprint density at radius 1 is 1.31 bits per heavy atom. The van der Waals surface area contributed by atoms with Gasteiger partial charge in [-0.05, 0) is 38.0 Å². The maximum Gasteiger partial charge on any atom is 0.323 e. The summed E-state index contributed by atoms with van der Waals surface area (Å²) >= 11 is 0. The molecule has 9 nitrogen and oxygen atoms in total. The van der Waals surface area contributed by atoms with Crippen molar-refractivity contribution in [1.29, 1.82) is 5.26 Å². The van der Waals surface area contributed by atoms with Gasteiger partial charge < -0.3 is 25.2 Å². The number of urea groups is 1. The van der Waals surface area contributed by atoms with E-state index in [9.17, 15) is 9.18 Å². The maximum absolute atomic E-state index is 14.2. The molecule has 0 aliphatic carbocycles. The first-order valence-electron chi connectivity index (χ1n) is 10.2. The number of pyridine rings is 1. The van der Waals surface area contributed by atoms with E-state index in [1.807, 2.05) is 32.1 Å². The minimum atomic E-state index is -0.525. The van der Waals surface area contributed by atoms with E-state index in [4.69, 9.17) is 10.00 Å². The number of hydrogen-bond acceptors (Lipinski definition) is 5. The van der Waals surface area contributed by atoms with Crippen molar-refractivity contribution >= 4 is 23.4 Å². The highest BCUT2D eigenvalue weighted by atomic mass is 19.1. The molecule has 1 unspecified atom stereocenters.